The van der Waals surface area contributed by atoms with Crippen LogP contribution < -0.4 is 14.4 Å². The first-order valence-corrected chi connectivity index (χ1v) is 9.28. The van der Waals surface area contributed by atoms with Crippen molar-refractivity contribution in [2.45, 2.75) is 38.7 Å². The molecule has 1 aliphatic rings. The van der Waals surface area contributed by atoms with E-state index < -0.39 is 11.6 Å². The highest BCUT2D eigenvalue weighted by molar-refractivity contribution is 6.02. The Labute approximate surface area is 170 Å². The summed E-state index contributed by atoms with van der Waals surface area (Å²) in [6.45, 7) is 5.18. The van der Waals surface area contributed by atoms with Crippen molar-refractivity contribution in [3.8, 4) is 23.3 Å². The molecule has 0 saturated heterocycles. The Hall–Kier alpha value is -3.46. The van der Waals surface area contributed by atoms with E-state index in [1.807, 2.05) is 24.3 Å². The van der Waals surface area contributed by atoms with Crippen molar-refractivity contribution in [2.75, 3.05) is 11.6 Å². The monoisotopic (exact) mass is 393 g/mol. The third kappa shape index (κ3) is 4.52. The zero-order valence-electron chi connectivity index (χ0n) is 16.6. The zero-order chi connectivity index (χ0) is 21.0. The van der Waals surface area contributed by atoms with Crippen molar-refractivity contribution in [2.24, 2.45) is 0 Å². The summed E-state index contributed by atoms with van der Waals surface area (Å²) >= 11 is 0. The van der Waals surface area contributed by atoms with E-state index in [0.29, 0.717) is 17.2 Å². The van der Waals surface area contributed by atoms with Gasteiger partial charge in [-0.2, -0.15) is 0 Å². The van der Waals surface area contributed by atoms with E-state index >= 15 is 0 Å². The minimum absolute atomic E-state index is 0.0370. The van der Waals surface area contributed by atoms with Crippen LogP contribution in [0.5, 0.6) is 11.5 Å². The largest absolute Gasteiger partial charge is 0.481 e. The predicted molar refractivity (Wildman–Crippen MR) is 109 cm³/mol. The van der Waals surface area contributed by atoms with Crippen LogP contribution in [0.15, 0.2) is 48.5 Å². The first kappa shape index (κ1) is 20.3. The quantitative estimate of drug-likeness (QED) is 0.756. The van der Waals surface area contributed by atoms with Crippen LogP contribution in [0.4, 0.5) is 5.69 Å². The Kier molecular flexibility index (Phi) is 5.79. The number of carbonyl (C=O) groups excluding carboxylic acids is 1. The number of nitrogens with zero attached hydrogens (tertiary/aromatic N) is 1. The summed E-state index contributed by atoms with van der Waals surface area (Å²) in [4.78, 5) is 25.4. The fourth-order valence-corrected chi connectivity index (χ4v) is 3.18. The maximum absolute atomic E-state index is 12.8. The summed E-state index contributed by atoms with van der Waals surface area (Å²) in [7, 11) is 0. The standard InChI is InChI=1S/C23H23NO5/c1-4-7-17(14-21(25)26)16-10-12-18(13-11-16)28-15-24-19-8-5-6-9-20(19)29-23(2,3)22(24)27/h5-6,8-13,17H,14-15H2,1-3H3,(H,25,26). The van der Waals surface area contributed by atoms with E-state index in [0.717, 1.165) is 5.56 Å². The van der Waals surface area contributed by atoms with Crippen LogP contribution in [-0.2, 0) is 9.59 Å². The van der Waals surface area contributed by atoms with Gasteiger partial charge in [0.2, 0.25) is 0 Å². The number of carboxylic acid groups (broad SMARTS) is 1. The fraction of sp³-hybridized carbons (Fsp3) is 0.304. The van der Waals surface area contributed by atoms with Crippen molar-refractivity contribution in [1.82, 2.24) is 0 Å². The lowest BCUT2D eigenvalue weighted by Crippen LogP contribution is -2.53. The van der Waals surface area contributed by atoms with Gasteiger partial charge >= 0.3 is 5.97 Å². The molecular formula is C23H23NO5. The van der Waals surface area contributed by atoms with Gasteiger partial charge in [0.05, 0.1) is 18.0 Å². The number of amides is 1. The fourth-order valence-electron chi connectivity index (χ4n) is 3.18. The number of para-hydroxylation sites is 2. The van der Waals surface area contributed by atoms with E-state index in [9.17, 15) is 9.59 Å². The molecule has 1 atom stereocenters. The maximum atomic E-state index is 12.8. The number of fused-ring (bicyclic) bond motifs is 1. The summed E-state index contributed by atoms with van der Waals surface area (Å²) in [6.07, 6.45) is -0.0603. The summed E-state index contributed by atoms with van der Waals surface area (Å²) in [6, 6.07) is 14.4. The molecule has 150 valence electrons. The van der Waals surface area contributed by atoms with Gasteiger partial charge in [-0.15, -0.1) is 5.92 Å². The van der Waals surface area contributed by atoms with Crippen LogP contribution in [0, 0.1) is 11.8 Å². The van der Waals surface area contributed by atoms with Crippen molar-refractivity contribution in [3.05, 3.63) is 54.1 Å². The summed E-state index contributed by atoms with van der Waals surface area (Å²) in [5.41, 5.74) is 0.487. The second-order valence-electron chi connectivity index (χ2n) is 7.20. The molecule has 1 N–H and O–H groups in total. The van der Waals surface area contributed by atoms with E-state index in [1.54, 1.807) is 49.9 Å². The Bertz CT molecular complexity index is 969. The Morgan fingerprint density at radius 3 is 2.55 bits per heavy atom. The molecule has 1 amide bonds. The first-order chi connectivity index (χ1) is 13.8. The molecule has 6 heteroatoms. The molecule has 0 bridgehead atoms. The number of hydrogen-bond donors (Lipinski definition) is 1. The highest BCUT2D eigenvalue weighted by Gasteiger charge is 2.41. The second kappa shape index (κ2) is 8.27. The molecule has 0 aliphatic carbocycles. The second-order valence-corrected chi connectivity index (χ2v) is 7.20. The summed E-state index contributed by atoms with van der Waals surface area (Å²) < 4.78 is 11.6. The topological polar surface area (TPSA) is 76.1 Å². The molecule has 2 aromatic carbocycles. The van der Waals surface area contributed by atoms with Crippen molar-refractivity contribution >= 4 is 17.6 Å². The van der Waals surface area contributed by atoms with E-state index in [4.69, 9.17) is 14.6 Å². The molecule has 0 aromatic heterocycles. The number of carbonyl (C=O) groups is 2. The van der Waals surface area contributed by atoms with E-state index in [1.165, 1.54) is 0 Å². The maximum Gasteiger partial charge on any atom is 0.304 e. The average molecular weight is 393 g/mol. The molecule has 6 nitrogen and oxygen atoms in total. The van der Waals surface area contributed by atoms with Crippen LogP contribution in [-0.4, -0.2) is 29.3 Å². The van der Waals surface area contributed by atoms with Gasteiger partial charge in [0.25, 0.3) is 5.91 Å². The number of rotatable bonds is 6. The third-order valence-corrected chi connectivity index (χ3v) is 4.62. The molecule has 29 heavy (non-hydrogen) atoms. The van der Waals surface area contributed by atoms with Gasteiger partial charge in [-0.1, -0.05) is 30.2 Å². The number of carboxylic acids is 1. The molecule has 0 radical (unpaired) electrons. The third-order valence-electron chi connectivity index (χ3n) is 4.62. The zero-order valence-corrected chi connectivity index (χ0v) is 16.6. The predicted octanol–water partition coefficient (Wildman–Crippen LogP) is 3.81. The number of hydrogen-bond acceptors (Lipinski definition) is 4. The molecule has 0 spiro atoms. The lowest BCUT2D eigenvalue weighted by Gasteiger charge is -2.38. The Balaban J connectivity index is 1.75. The molecule has 0 fully saturated rings. The average Bonchev–Trinajstić information content (AvgIpc) is 2.68. The Morgan fingerprint density at radius 2 is 1.90 bits per heavy atom. The smallest absolute Gasteiger partial charge is 0.304 e. The lowest BCUT2D eigenvalue weighted by atomic mass is 9.96. The molecule has 2 aromatic rings. The van der Waals surface area contributed by atoms with Gasteiger partial charge in [0, 0.05) is 0 Å². The SMILES string of the molecule is CC#CC(CC(=O)O)c1ccc(OCN2C(=O)C(C)(C)Oc3ccccc32)cc1. The summed E-state index contributed by atoms with van der Waals surface area (Å²) in [5, 5.41) is 9.06. The Morgan fingerprint density at radius 1 is 1.21 bits per heavy atom. The molecule has 0 saturated carbocycles. The molecule has 1 heterocycles. The van der Waals surface area contributed by atoms with Gasteiger partial charge in [0.1, 0.15) is 11.5 Å². The minimum atomic E-state index is -0.982. The normalized spacial score (nSPS) is 15.4. The molecular weight excluding hydrogens is 370 g/mol. The van der Waals surface area contributed by atoms with Crippen molar-refractivity contribution in [1.29, 1.82) is 0 Å². The van der Waals surface area contributed by atoms with Crippen LogP contribution in [0.25, 0.3) is 0 Å². The number of benzene rings is 2. The first-order valence-electron chi connectivity index (χ1n) is 9.28. The van der Waals surface area contributed by atoms with Gasteiger partial charge < -0.3 is 14.6 Å². The van der Waals surface area contributed by atoms with Crippen molar-refractivity contribution in [3.63, 3.8) is 0 Å². The number of anilines is 1. The van der Waals surface area contributed by atoms with Gasteiger partial charge in [-0.05, 0) is 50.6 Å². The number of aliphatic carboxylic acids is 1. The molecule has 1 unspecified atom stereocenters. The minimum Gasteiger partial charge on any atom is -0.481 e. The van der Waals surface area contributed by atoms with Gasteiger partial charge in [-0.3, -0.25) is 14.5 Å². The van der Waals surface area contributed by atoms with Gasteiger partial charge in [-0.25, -0.2) is 0 Å². The van der Waals surface area contributed by atoms with Crippen LogP contribution in [0.2, 0.25) is 0 Å². The number of ether oxygens (including phenoxy) is 2. The van der Waals surface area contributed by atoms with E-state index in [2.05, 4.69) is 11.8 Å². The molecule has 1 aliphatic heterocycles. The highest BCUT2D eigenvalue weighted by atomic mass is 16.5. The van der Waals surface area contributed by atoms with Crippen LogP contribution in [0.1, 0.15) is 38.7 Å². The van der Waals surface area contributed by atoms with Crippen LogP contribution in [0.3, 0.4) is 0 Å². The van der Waals surface area contributed by atoms with E-state index in [-0.39, 0.29) is 25.0 Å². The lowest BCUT2D eigenvalue weighted by molar-refractivity contribution is -0.137. The summed E-state index contributed by atoms with van der Waals surface area (Å²) in [5.74, 6) is 5.44. The van der Waals surface area contributed by atoms with Crippen LogP contribution >= 0.6 is 0 Å². The highest BCUT2D eigenvalue weighted by Crippen LogP contribution is 2.37. The van der Waals surface area contributed by atoms with Gasteiger partial charge in [0.15, 0.2) is 12.3 Å². The molecule has 3 rings (SSSR count). The van der Waals surface area contributed by atoms with Crippen molar-refractivity contribution < 1.29 is 24.2 Å².